The highest BCUT2D eigenvalue weighted by Crippen LogP contribution is 2.25. The number of benzene rings is 1. The summed E-state index contributed by atoms with van der Waals surface area (Å²) in [6, 6.07) is 9.67. The number of halogens is 1. The Hall–Kier alpha value is -2.61. The van der Waals surface area contributed by atoms with Gasteiger partial charge >= 0.3 is 0 Å². The molecular weight excluding hydrogens is 367 g/mol. The molecule has 3 rings (SSSR count). The van der Waals surface area contributed by atoms with Crippen molar-refractivity contribution in [3.05, 3.63) is 54.0 Å². The molecule has 1 atom stereocenters. The van der Waals surface area contributed by atoms with Gasteiger partial charge in [0.1, 0.15) is 5.82 Å². The van der Waals surface area contributed by atoms with E-state index < -0.39 is 0 Å². The summed E-state index contributed by atoms with van der Waals surface area (Å²) in [5.41, 5.74) is 0.883. The van der Waals surface area contributed by atoms with E-state index in [0.29, 0.717) is 23.3 Å². The number of rotatable bonds is 7. The Bertz CT molecular complexity index is 893. The highest BCUT2D eigenvalue weighted by atomic mass is 32.2. The minimum atomic E-state index is -0.290. The average molecular weight is 388 g/mol. The van der Waals surface area contributed by atoms with Gasteiger partial charge in [0, 0.05) is 13.6 Å². The standard InChI is InChI=1S/C19H21FN4O2S/c1-4-24-18(16-6-5-11-26-16)21-22-19(24)27-12-17(25)23(3)13(2)14-7-9-15(20)10-8-14/h5-11,13H,4,12H2,1-3H3. The van der Waals surface area contributed by atoms with Gasteiger partial charge in [0.15, 0.2) is 16.7 Å². The van der Waals surface area contributed by atoms with Gasteiger partial charge in [0.05, 0.1) is 18.1 Å². The van der Waals surface area contributed by atoms with Crippen LogP contribution >= 0.6 is 11.8 Å². The lowest BCUT2D eigenvalue weighted by Gasteiger charge is -2.25. The largest absolute Gasteiger partial charge is 0.461 e. The lowest BCUT2D eigenvalue weighted by atomic mass is 10.1. The fraction of sp³-hybridized carbons (Fsp3) is 0.316. The fourth-order valence-corrected chi connectivity index (χ4v) is 3.60. The normalized spacial score (nSPS) is 12.1. The summed E-state index contributed by atoms with van der Waals surface area (Å²) in [6.07, 6.45) is 1.59. The molecule has 0 radical (unpaired) electrons. The molecule has 3 aromatic rings. The molecule has 1 aromatic carbocycles. The maximum Gasteiger partial charge on any atom is 0.233 e. The van der Waals surface area contributed by atoms with Gasteiger partial charge in [-0.05, 0) is 43.7 Å². The molecule has 1 unspecified atom stereocenters. The molecule has 0 fully saturated rings. The lowest BCUT2D eigenvalue weighted by molar-refractivity contribution is -0.128. The fourth-order valence-electron chi connectivity index (χ4n) is 2.68. The number of aromatic nitrogens is 3. The van der Waals surface area contributed by atoms with Crippen molar-refractivity contribution in [2.24, 2.45) is 0 Å². The minimum absolute atomic E-state index is 0.0398. The number of hydrogen-bond acceptors (Lipinski definition) is 5. The van der Waals surface area contributed by atoms with Gasteiger partial charge in [-0.1, -0.05) is 23.9 Å². The molecule has 0 aliphatic rings. The third kappa shape index (κ3) is 4.21. The van der Waals surface area contributed by atoms with E-state index in [1.165, 1.54) is 23.9 Å². The van der Waals surface area contributed by atoms with Crippen molar-refractivity contribution in [2.75, 3.05) is 12.8 Å². The topological polar surface area (TPSA) is 64.2 Å². The predicted octanol–water partition coefficient (Wildman–Crippen LogP) is 4.01. The quantitative estimate of drug-likeness (QED) is 0.572. The Kier molecular flexibility index (Phi) is 5.95. The third-order valence-electron chi connectivity index (χ3n) is 4.43. The molecule has 0 N–H and O–H groups in total. The van der Waals surface area contributed by atoms with Gasteiger partial charge < -0.3 is 9.32 Å². The van der Waals surface area contributed by atoms with Gasteiger partial charge in [-0.3, -0.25) is 9.36 Å². The summed E-state index contributed by atoms with van der Waals surface area (Å²) in [6.45, 7) is 4.57. The first kappa shape index (κ1) is 19.2. The number of carbonyl (C=O) groups is 1. The number of carbonyl (C=O) groups excluding carboxylic acids is 1. The van der Waals surface area contributed by atoms with E-state index in [2.05, 4.69) is 10.2 Å². The first-order chi connectivity index (χ1) is 13.0. The molecule has 0 bridgehead atoms. The van der Waals surface area contributed by atoms with E-state index in [4.69, 9.17) is 4.42 Å². The Morgan fingerprint density at radius 3 is 2.67 bits per heavy atom. The molecule has 0 saturated carbocycles. The maximum atomic E-state index is 13.1. The molecule has 2 heterocycles. The molecule has 0 aliphatic carbocycles. The zero-order valence-corrected chi connectivity index (χ0v) is 16.2. The van der Waals surface area contributed by atoms with Crippen LogP contribution in [0.25, 0.3) is 11.6 Å². The second-order valence-corrected chi connectivity index (χ2v) is 6.99. The summed E-state index contributed by atoms with van der Waals surface area (Å²) in [4.78, 5) is 14.2. The molecule has 0 saturated heterocycles. The first-order valence-corrected chi connectivity index (χ1v) is 9.60. The van der Waals surface area contributed by atoms with Crippen molar-refractivity contribution in [1.82, 2.24) is 19.7 Å². The Morgan fingerprint density at radius 2 is 2.04 bits per heavy atom. The summed E-state index contributed by atoms with van der Waals surface area (Å²) >= 11 is 1.34. The van der Waals surface area contributed by atoms with Crippen molar-refractivity contribution in [1.29, 1.82) is 0 Å². The summed E-state index contributed by atoms with van der Waals surface area (Å²) in [7, 11) is 1.75. The van der Waals surface area contributed by atoms with Crippen LogP contribution in [-0.2, 0) is 11.3 Å². The van der Waals surface area contributed by atoms with Crippen molar-refractivity contribution in [3.63, 3.8) is 0 Å². The number of amides is 1. The lowest BCUT2D eigenvalue weighted by Crippen LogP contribution is -2.31. The van der Waals surface area contributed by atoms with E-state index in [-0.39, 0.29) is 23.5 Å². The van der Waals surface area contributed by atoms with E-state index in [1.54, 1.807) is 36.4 Å². The Balaban J connectivity index is 1.66. The van der Waals surface area contributed by atoms with Crippen LogP contribution < -0.4 is 0 Å². The van der Waals surface area contributed by atoms with Crippen molar-refractivity contribution in [2.45, 2.75) is 31.6 Å². The van der Waals surface area contributed by atoms with Gasteiger partial charge in [0.2, 0.25) is 5.91 Å². The van der Waals surface area contributed by atoms with Crippen LogP contribution in [0.2, 0.25) is 0 Å². The zero-order chi connectivity index (χ0) is 19.4. The predicted molar refractivity (Wildman–Crippen MR) is 102 cm³/mol. The van der Waals surface area contributed by atoms with Gasteiger partial charge in [-0.2, -0.15) is 0 Å². The summed E-state index contributed by atoms with van der Waals surface area (Å²) in [5, 5.41) is 9.04. The molecular formula is C19H21FN4O2S. The van der Waals surface area contributed by atoms with Crippen LogP contribution in [0.4, 0.5) is 4.39 Å². The molecule has 8 heteroatoms. The van der Waals surface area contributed by atoms with Crippen LogP contribution in [-0.4, -0.2) is 38.4 Å². The van der Waals surface area contributed by atoms with Crippen LogP contribution in [0, 0.1) is 5.82 Å². The Labute approximate surface area is 161 Å². The van der Waals surface area contributed by atoms with Crippen LogP contribution in [0.1, 0.15) is 25.5 Å². The summed E-state index contributed by atoms with van der Waals surface area (Å²) < 4.78 is 20.4. The molecule has 142 valence electrons. The van der Waals surface area contributed by atoms with Crippen LogP contribution in [0.5, 0.6) is 0 Å². The number of thioether (sulfide) groups is 1. The highest BCUT2D eigenvalue weighted by Gasteiger charge is 2.20. The average Bonchev–Trinajstić information content (AvgIpc) is 3.34. The van der Waals surface area contributed by atoms with E-state index in [1.807, 2.05) is 24.5 Å². The van der Waals surface area contributed by atoms with Crippen molar-refractivity contribution < 1.29 is 13.6 Å². The van der Waals surface area contributed by atoms with Crippen LogP contribution in [0.3, 0.4) is 0 Å². The minimum Gasteiger partial charge on any atom is -0.461 e. The smallest absolute Gasteiger partial charge is 0.233 e. The SMILES string of the molecule is CCn1c(SCC(=O)N(C)C(C)c2ccc(F)cc2)nnc1-c1ccco1. The van der Waals surface area contributed by atoms with E-state index >= 15 is 0 Å². The Morgan fingerprint density at radius 1 is 1.30 bits per heavy atom. The zero-order valence-electron chi connectivity index (χ0n) is 15.4. The third-order valence-corrected chi connectivity index (χ3v) is 5.38. The summed E-state index contributed by atoms with van der Waals surface area (Å²) in [5.74, 6) is 1.19. The second kappa shape index (κ2) is 8.39. The monoisotopic (exact) mass is 388 g/mol. The molecule has 0 spiro atoms. The number of furan rings is 1. The van der Waals surface area contributed by atoms with Gasteiger partial charge in [-0.15, -0.1) is 10.2 Å². The van der Waals surface area contributed by atoms with E-state index in [9.17, 15) is 9.18 Å². The van der Waals surface area contributed by atoms with Gasteiger partial charge in [-0.25, -0.2) is 4.39 Å². The number of hydrogen-bond donors (Lipinski definition) is 0. The molecule has 6 nitrogen and oxygen atoms in total. The maximum absolute atomic E-state index is 13.1. The van der Waals surface area contributed by atoms with Crippen molar-refractivity contribution in [3.8, 4) is 11.6 Å². The van der Waals surface area contributed by atoms with E-state index in [0.717, 1.165) is 5.56 Å². The molecule has 27 heavy (non-hydrogen) atoms. The number of nitrogens with zero attached hydrogens (tertiary/aromatic N) is 4. The highest BCUT2D eigenvalue weighted by molar-refractivity contribution is 7.99. The van der Waals surface area contributed by atoms with Gasteiger partial charge in [0.25, 0.3) is 0 Å². The second-order valence-electron chi connectivity index (χ2n) is 6.05. The molecule has 1 amide bonds. The van der Waals surface area contributed by atoms with Crippen LogP contribution in [0.15, 0.2) is 52.2 Å². The first-order valence-electron chi connectivity index (χ1n) is 8.62. The molecule has 0 aliphatic heterocycles. The van der Waals surface area contributed by atoms with Crippen molar-refractivity contribution >= 4 is 17.7 Å². The molecule has 2 aromatic heterocycles.